The van der Waals surface area contributed by atoms with Crippen molar-refractivity contribution in [2.24, 2.45) is 22.7 Å². The van der Waals surface area contributed by atoms with Crippen molar-refractivity contribution in [1.29, 1.82) is 5.26 Å². The summed E-state index contributed by atoms with van der Waals surface area (Å²) in [6, 6.07) is 1.80. The molecule has 0 aromatic rings. The minimum absolute atomic E-state index is 0.0426. The van der Waals surface area contributed by atoms with E-state index in [1.807, 2.05) is 11.9 Å². The van der Waals surface area contributed by atoms with Crippen LogP contribution in [0.4, 0.5) is 4.79 Å². The highest BCUT2D eigenvalue weighted by atomic mass is 16.5. The quantitative estimate of drug-likeness (QED) is 0.336. The fraction of sp³-hybridized carbons (Fsp3) is 0.815. The van der Waals surface area contributed by atoms with E-state index in [-0.39, 0.29) is 24.5 Å². The second kappa shape index (κ2) is 12.3. The maximum atomic E-state index is 13.7. The Hall–Kier alpha value is -2.87. The van der Waals surface area contributed by atoms with Crippen LogP contribution in [0.2, 0.25) is 0 Å². The van der Waals surface area contributed by atoms with Gasteiger partial charge in [-0.1, -0.05) is 32.1 Å². The zero-order chi connectivity index (χ0) is 27.3. The highest BCUT2D eigenvalue weighted by Crippen LogP contribution is 2.45. The van der Waals surface area contributed by atoms with Gasteiger partial charge in [-0.05, 0) is 39.2 Å². The number of nitrogens with zero attached hydrogens (tertiary/aromatic N) is 4. The van der Waals surface area contributed by atoms with E-state index in [0.29, 0.717) is 56.1 Å². The summed E-state index contributed by atoms with van der Waals surface area (Å²) in [5.41, 5.74) is -0.903. The van der Waals surface area contributed by atoms with Crippen LogP contribution < -0.4 is 16.0 Å². The van der Waals surface area contributed by atoms with Gasteiger partial charge < -0.3 is 25.2 Å². The molecule has 4 rings (SSSR count). The summed E-state index contributed by atoms with van der Waals surface area (Å²) < 4.78 is 5.14. The van der Waals surface area contributed by atoms with Crippen LogP contribution in [-0.2, 0) is 14.3 Å². The standard InChI is InChI=1S/C27H43N7O4/c1-4-38-26(37)31-25(34-15-20-21(16-34)23(20)29-18(2)35)30-22(14-19-8-6-5-7-9-19)24(36)32-27(17-28)10-12-33(3)13-11-27/h19-23H,4-16H2,1-3H3,(H,29,35)(H,32,36)(H,30,31,37)/t20?,21?,22-,23?/m0/s1. The van der Waals surface area contributed by atoms with Crippen molar-refractivity contribution >= 4 is 23.9 Å². The van der Waals surface area contributed by atoms with Crippen LogP contribution in [0.15, 0.2) is 4.99 Å². The average Bonchev–Trinajstić information content (AvgIpc) is 3.31. The Kier molecular flexibility index (Phi) is 9.13. The number of nitrogens with one attached hydrogen (secondary N) is 3. The second-order valence-corrected chi connectivity index (χ2v) is 11.5. The Labute approximate surface area is 225 Å². The third-order valence-electron chi connectivity index (χ3n) is 8.63. The van der Waals surface area contributed by atoms with E-state index in [0.717, 1.165) is 38.8 Å². The molecule has 0 radical (unpaired) electrons. The summed E-state index contributed by atoms with van der Waals surface area (Å²) >= 11 is 0. The van der Waals surface area contributed by atoms with Gasteiger partial charge in [-0.25, -0.2) is 9.79 Å². The van der Waals surface area contributed by atoms with Gasteiger partial charge in [0.2, 0.25) is 17.8 Å². The molecule has 4 aliphatic rings. The molecule has 11 nitrogen and oxygen atoms in total. The van der Waals surface area contributed by atoms with E-state index in [4.69, 9.17) is 9.73 Å². The van der Waals surface area contributed by atoms with Gasteiger partial charge in [0.1, 0.15) is 11.6 Å². The minimum atomic E-state index is -0.903. The lowest BCUT2D eigenvalue weighted by Crippen LogP contribution is -2.56. The molecule has 11 heteroatoms. The zero-order valence-corrected chi connectivity index (χ0v) is 23.0. The number of piperidine rings is 2. The number of amides is 3. The lowest BCUT2D eigenvalue weighted by molar-refractivity contribution is -0.124. The van der Waals surface area contributed by atoms with Gasteiger partial charge in [0.25, 0.3) is 0 Å². The zero-order valence-electron chi connectivity index (χ0n) is 23.0. The topological polar surface area (TPSA) is 139 Å². The molecule has 0 aromatic heterocycles. The maximum Gasteiger partial charge on any atom is 0.413 e. The largest absolute Gasteiger partial charge is 0.450 e. The first-order chi connectivity index (χ1) is 18.2. The molecule has 2 unspecified atom stereocenters. The predicted octanol–water partition coefficient (Wildman–Crippen LogP) is 1.60. The molecule has 210 valence electrons. The van der Waals surface area contributed by atoms with E-state index < -0.39 is 17.7 Å². The minimum Gasteiger partial charge on any atom is -0.450 e. The number of carbonyl (C=O) groups excluding carboxylic acids is 3. The van der Waals surface area contributed by atoms with Gasteiger partial charge >= 0.3 is 6.09 Å². The molecule has 0 bridgehead atoms. The van der Waals surface area contributed by atoms with Crippen molar-refractivity contribution in [2.75, 3.05) is 39.8 Å². The van der Waals surface area contributed by atoms with Gasteiger partial charge in [-0.3, -0.25) is 14.9 Å². The number of carbonyl (C=O) groups is 3. The van der Waals surface area contributed by atoms with Crippen LogP contribution in [0, 0.1) is 29.1 Å². The number of likely N-dealkylation sites (tertiary alicyclic amines) is 2. The van der Waals surface area contributed by atoms with E-state index in [9.17, 15) is 19.6 Å². The summed E-state index contributed by atoms with van der Waals surface area (Å²) in [4.78, 5) is 46.7. The van der Waals surface area contributed by atoms with Crippen molar-refractivity contribution in [3.8, 4) is 6.07 Å². The number of alkyl carbamates (subject to hydrolysis) is 1. The van der Waals surface area contributed by atoms with E-state index in [1.54, 1.807) is 6.92 Å². The van der Waals surface area contributed by atoms with Crippen molar-refractivity contribution in [3.63, 3.8) is 0 Å². The first-order valence-corrected chi connectivity index (χ1v) is 14.2. The molecule has 2 heterocycles. The average molecular weight is 530 g/mol. The number of rotatable bonds is 7. The molecular formula is C27H43N7O4. The number of guanidine groups is 1. The lowest BCUT2D eigenvalue weighted by atomic mass is 9.84. The van der Waals surface area contributed by atoms with Gasteiger partial charge in [0, 0.05) is 51.0 Å². The number of ether oxygens (including phenoxy) is 1. The maximum absolute atomic E-state index is 13.7. The molecular weight excluding hydrogens is 486 g/mol. The highest BCUT2D eigenvalue weighted by Gasteiger charge is 2.57. The summed E-state index contributed by atoms with van der Waals surface area (Å²) in [7, 11) is 2.02. The molecule has 4 fully saturated rings. The third kappa shape index (κ3) is 6.95. The van der Waals surface area contributed by atoms with E-state index >= 15 is 0 Å². The highest BCUT2D eigenvalue weighted by molar-refractivity contribution is 5.96. The predicted molar refractivity (Wildman–Crippen MR) is 142 cm³/mol. The van der Waals surface area contributed by atoms with Crippen LogP contribution >= 0.6 is 0 Å². The number of hydrogen-bond donors (Lipinski definition) is 3. The van der Waals surface area contributed by atoms with E-state index in [1.165, 1.54) is 13.3 Å². The number of nitriles is 1. The lowest BCUT2D eigenvalue weighted by Gasteiger charge is -2.37. The smallest absolute Gasteiger partial charge is 0.413 e. The van der Waals surface area contributed by atoms with E-state index in [2.05, 4.69) is 26.9 Å². The Morgan fingerprint density at radius 1 is 1.13 bits per heavy atom. The Bertz CT molecular complexity index is 938. The van der Waals surface area contributed by atoms with Gasteiger partial charge in [0.05, 0.1) is 12.7 Å². The first-order valence-electron chi connectivity index (χ1n) is 14.2. The molecule has 0 aromatic carbocycles. The summed E-state index contributed by atoms with van der Waals surface area (Å²) in [6.07, 6.45) is 6.72. The Morgan fingerprint density at radius 2 is 1.79 bits per heavy atom. The van der Waals surface area contributed by atoms with Gasteiger partial charge in [0.15, 0.2) is 0 Å². The number of aliphatic imine (C=N–C) groups is 1. The van der Waals surface area contributed by atoms with Crippen LogP contribution in [-0.4, -0.2) is 91.1 Å². The molecule has 3 amide bonds. The monoisotopic (exact) mass is 529 g/mol. The molecule has 3 N–H and O–H groups in total. The van der Waals surface area contributed by atoms with Crippen LogP contribution in [0.5, 0.6) is 0 Å². The van der Waals surface area contributed by atoms with Crippen molar-refractivity contribution in [3.05, 3.63) is 0 Å². The molecule has 2 aliphatic carbocycles. The van der Waals surface area contributed by atoms with Crippen LogP contribution in [0.3, 0.4) is 0 Å². The fourth-order valence-corrected chi connectivity index (χ4v) is 6.29. The molecule has 0 spiro atoms. The Morgan fingerprint density at radius 3 is 2.37 bits per heavy atom. The number of fused-ring (bicyclic) bond motifs is 1. The summed E-state index contributed by atoms with van der Waals surface area (Å²) in [5.74, 6) is 0.991. The van der Waals surface area contributed by atoms with Crippen molar-refractivity contribution in [1.82, 2.24) is 25.8 Å². The molecule has 2 saturated heterocycles. The SMILES string of the molecule is CCOC(=O)NC(=N[C@@H](CC1CCCCC1)C(=O)NC1(C#N)CCN(C)CC1)N1CC2C(C1)C2NC(C)=O. The van der Waals surface area contributed by atoms with Crippen LogP contribution in [0.25, 0.3) is 0 Å². The van der Waals surface area contributed by atoms with Gasteiger partial charge in [-0.15, -0.1) is 0 Å². The number of hydrogen-bond acceptors (Lipinski definition) is 7. The first kappa shape index (κ1) is 28.1. The third-order valence-corrected chi connectivity index (χ3v) is 8.63. The molecule has 2 aliphatic heterocycles. The van der Waals surface area contributed by atoms with Crippen molar-refractivity contribution in [2.45, 2.75) is 82.8 Å². The Balaban J connectivity index is 1.54. The molecule has 3 atom stereocenters. The fourth-order valence-electron chi connectivity index (χ4n) is 6.29. The summed E-state index contributed by atoms with van der Waals surface area (Å²) in [5, 5.41) is 18.9. The second-order valence-electron chi connectivity index (χ2n) is 11.5. The normalized spacial score (nSPS) is 28.0. The summed E-state index contributed by atoms with van der Waals surface area (Å²) in [6.45, 7) is 6.23. The molecule has 2 saturated carbocycles. The van der Waals surface area contributed by atoms with Gasteiger partial charge in [-0.2, -0.15) is 5.26 Å². The molecule has 38 heavy (non-hydrogen) atoms. The van der Waals surface area contributed by atoms with Crippen molar-refractivity contribution < 1.29 is 19.1 Å². The van der Waals surface area contributed by atoms with Crippen LogP contribution in [0.1, 0.15) is 65.2 Å².